The Morgan fingerprint density at radius 1 is 1.29 bits per heavy atom. The van der Waals surface area contributed by atoms with Crippen molar-refractivity contribution in [2.45, 2.75) is 39.0 Å². The van der Waals surface area contributed by atoms with E-state index in [2.05, 4.69) is 41.2 Å². The summed E-state index contributed by atoms with van der Waals surface area (Å²) in [4.78, 5) is 11.7. The second-order valence-corrected chi connectivity index (χ2v) is 5.23. The molecule has 17 heavy (non-hydrogen) atoms. The van der Waals surface area contributed by atoms with Gasteiger partial charge in [-0.3, -0.25) is 4.79 Å². The first-order valence-corrected chi connectivity index (χ1v) is 7.22. The van der Waals surface area contributed by atoms with Gasteiger partial charge in [0.15, 0.2) is 0 Å². The molecule has 0 aromatic heterocycles. The molecule has 0 aliphatic heterocycles. The topological polar surface area (TPSA) is 29.1 Å². The third-order valence-corrected chi connectivity index (χ3v) is 3.21. The molecule has 1 rings (SSSR count). The van der Waals surface area contributed by atoms with E-state index in [0.29, 0.717) is 12.3 Å². The van der Waals surface area contributed by atoms with Crippen molar-refractivity contribution in [2.75, 3.05) is 10.6 Å². The summed E-state index contributed by atoms with van der Waals surface area (Å²) in [6.07, 6.45) is 2.57. The van der Waals surface area contributed by atoms with Gasteiger partial charge in [-0.2, -0.15) is 0 Å². The summed E-state index contributed by atoms with van der Waals surface area (Å²) in [6.45, 7) is 4.27. The molecule has 0 saturated heterocycles. The first-order chi connectivity index (χ1) is 8.15. The van der Waals surface area contributed by atoms with Crippen molar-refractivity contribution in [3.63, 3.8) is 0 Å². The van der Waals surface area contributed by atoms with Crippen molar-refractivity contribution in [2.24, 2.45) is 0 Å². The summed E-state index contributed by atoms with van der Waals surface area (Å²) in [5.41, 5.74) is 2.15. The molecule has 0 aliphatic rings. The molecule has 0 radical (unpaired) electrons. The van der Waals surface area contributed by atoms with Gasteiger partial charge in [0.1, 0.15) is 0 Å². The summed E-state index contributed by atoms with van der Waals surface area (Å²) in [7, 11) is 0. The Morgan fingerprint density at radius 3 is 2.65 bits per heavy atom. The molecular formula is C14H20BrNO. The molecule has 3 heteroatoms. The lowest BCUT2D eigenvalue weighted by atomic mass is 10.0. The number of alkyl halides is 1. The number of anilines is 1. The van der Waals surface area contributed by atoms with E-state index in [1.165, 1.54) is 5.56 Å². The quantitative estimate of drug-likeness (QED) is 0.615. The average Bonchev–Trinajstić information content (AvgIpc) is 2.29. The van der Waals surface area contributed by atoms with Crippen LogP contribution in [0.1, 0.15) is 44.6 Å². The van der Waals surface area contributed by atoms with Crippen LogP contribution in [-0.4, -0.2) is 11.2 Å². The van der Waals surface area contributed by atoms with Crippen LogP contribution in [0.25, 0.3) is 0 Å². The van der Waals surface area contributed by atoms with Crippen LogP contribution in [-0.2, 0) is 4.79 Å². The third-order valence-electron chi connectivity index (χ3n) is 2.64. The van der Waals surface area contributed by atoms with Gasteiger partial charge in [0.05, 0.1) is 0 Å². The number of unbranched alkanes of at least 4 members (excludes halogenated alkanes) is 1. The summed E-state index contributed by atoms with van der Waals surface area (Å²) in [5, 5.41) is 3.96. The zero-order valence-electron chi connectivity index (χ0n) is 10.5. The van der Waals surface area contributed by atoms with Gasteiger partial charge in [0.2, 0.25) is 5.91 Å². The Hall–Kier alpha value is -0.830. The highest BCUT2D eigenvalue weighted by Crippen LogP contribution is 2.23. The van der Waals surface area contributed by atoms with Crippen LogP contribution in [0.15, 0.2) is 24.3 Å². The predicted octanol–water partition coefficient (Wildman–Crippen LogP) is 4.31. The van der Waals surface area contributed by atoms with Crippen molar-refractivity contribution in [3.05, 3.63) is 29.8 Å². The van der Waals surface area contributed by atoms with Crippen LogP contribution in [0.2, 0.25) is 0 Å². The number of nitrogens with one attached hydrogen (secondary N) is 1. The van der Waals surface area contributed by atoms with Crippen LogP contribution in [0.5, 0.6) is 0 Å². The summed E-state index contributed by atoms with van der Waals surface area (Å²) in [6, 6.07) is 8.01. The average molecular weight is 298 g/mol. The Morgan fingerprint density at radius 2 is 2.00 bits per heavy atom. The van der Waals surface area contributed by atoms with E-state index in [-0.39, 0.29) is 5.91 Å². The number of amides is 1. The summed E-state index contributed by atoms with van der Waals surface area (Å²) >= 11 is 3.37. The maximum Gasteiger partial charge on any atom is 0.224 e. The Bertz CT molecular complexity index is 363. The van der Waals surface area contributed by atoms with E-state index < -0.39 is 0 Å². The van der Waals surface area contributed by atoms with E-state index in [4.69, 9.17) is 0 Å². The maximum absolute atomic E-state index is 11.7. The van der Waals surface area contributed by atoms with Crippen molar-refractivity contribution in [1.82, 2.24) is 0 Å². The zero-order chi connectivity index (χ0) is 12.7. The Kier molecular flexibility index (Phi) is 6.27. The molecular weight excluding hydrogens is 278 g/mol. The van der Waals surface area contributed by atoms with Crippen LogP contribution >= 0.6 is 15.9 Å². The second kappa shape index (κ2) is 7.49. The number of benzene rings is 1. The molecule has 2 nitrogen and oxygen atoms in total. The SMILES string of the molecule is CC(C)c1ccccc1NC(=O)CCCCBr. The van der Waals surface area contributed by atoms with Gasteiger partial charge < -0.3 is 5.32 Å². The largest absolute Gasteiger partial charge is 0.326 e. The van der Waals surface area contributed by atoms with Gasteiger partial charge in [-0.05, 0) is 30.4 Å². The smallest absolute Gasteiger partial charge is 0.224 e. The fraction of sp³-hybridized carbons (Fsp3) is 0.500. The standard InChI is InChI=1S/C14H20BrNO/c1-11(2)12-7-3-4-8-13(12)16-14(17)9-5-6-10-15/h3-4,7-8,11H,5-6,9-10H2,1-2H3,(H,16,17). The van der Waals surface area contributed by atoms with Crippen molar-refractivity contribution >= 4 is 27.5 Å². The molecule has 0 spiro atoms. The number of halogens is 1. The highest BCUT2D eigenvalue weighted by atomic mass is 79.9. The lowest BCUT2D eigenvalue weighted by molar-refractivity contribution is -0.116. The highest BCUT2D eigenvalue weighted by Gasteiger charge is 2.08. The van der Waals surface area contributed by atoms with E-state index >= 15 is 0 Å². The number of hydrogen-bond donors (Lipinski definition) is 1. The highest BCUT2D eigenvalue weighted by molar-refractivity contribution is 9.09. The molecule has 0 heterocycles. The van der Waals surface area contributed by atoms with Gasteiger partial charge in [-0.1, -0.05) is 48.0 Å². The lowest BCUT2D eigenvalue weighted by Crippen LogP contribution is -2.13. The third kappa shape index (κ3) is 4.90. The molecule has 0 saturated carbocycles. The van der Waals surface area contributed by atoms with Crippen molar-refractivity contribution in [3.8, 4) is 0 Å². The number of carbonyl (C=O) groups is 1. The van der Waals surface area contributed by atoms with Crippen LogP contribution < -0.4 is 5.32 Å². The number of hydrogen-bond acceptors (Lipinski definition) is 1. The Labute approximate surface area is 112 Å². The second-order valence-electron chi connectivity index (χ2n) is 4.44. The minimum atomic E-state index is 0.110. The zero-order valence-corrected chi connectivity index (χ0v) is 12.1. The van der Waals surface area contributed by atoms with E-state index in [1.54, 1.807) is 0 Å². The van der Waals surface area contributed by atoms with Crippen LogP contribution in [0.3, 0.4) is 0 Å². The minimum Gasteiger partial charge on any atom is -0.326 e. The minimum absolute atomic E-state index is 0.110. The fourth-order valence-electron chi connectivity index (χ4n) is 1.71. The first-order valence-electron chi connectivity index (χ1n) is 6.10. The molecule has 1 aromatic carbocycles. The predicted molar refractivity (Wildman–Crippen MR) is 76.8 cm³/mol. The monoisotopic (exact) mass is 297 g/mol. The van der Waals surface area contributed by atoms with Crippen LogP contribution in [0.4, 0.5) is 5.69 Å². The van der Waals surface area contributed by atoms with E-state index in [1.807, 2.05) is 18.2 Å². The van der Waals surface area contributed by atoms with Crippen molar-refractivity contribution < 1.29 is 4.79 Å². The lowest BCUT2D eigenvalue weighted by Gasteiger charge is -2.13. The van der Waals surface area contributed by atoms with Gasteiger partial charge >= 0.3 is 0 Å². The molecule has 1 amide bonds. The molecule has 1 aromatic rings. The molecule has 0 fully saturated rings. The molecule has 0 aliphatic carbocycles. The molecule has 94 valence electrons. The summed E-state index contributed by atoms with van der Waals surface area (Å²) < 4.78 is 0. The van der Waals surface area contributed by atoms with Gasteiger partial charge in [0, 0.05) is 17.4 Å². The normalized spacial score (nSPS) is 10.6. The Balaban J connectivity index is 2.58. The number of rotatable bonds is 6. The van der Waals surface area contributed by atoms with Crippen molar-refractivity contribution in [1.29, 1.82) is 0 Å². The van der Waals surface area contributed by atoms with Gasteiger partial charge in [-0.15, -0.1) is 0 Å². The maximum atomic E-state index is 11.7. The van der Waals surface area contributed by atoms with E-state index in [0.717, 1.165) is 23.9 Å². The molecule has 0 atom stereocenters. The fourth-order valence-corrected chi connectivity index (χ4v) is 2.10. The van der Waals surface area contributed by atoms with Gasteiger partial charge in [0.25, 0.3) is 0 Å². The molecule has 0 bridgehead atoms. The summed E-state index contributed by atoms with van der Waals surface area (Å²) in [5.74, 6) is 0.535. The van der Waals surface area contributed by atoms with Gasteiger partial charge in [-0.25, -0.2) is 0 Å². The van der Waals surface area contributed by atoms with E-state index in [9.17, 15) is 4.79 Å². The first kappa shape index (κ1) is 14.2. The number of para-hydroxylation sites is 1. The number of carbonyl (C=O) groups excluding carboxylic acids is 1. The molecule has 1 N–H and O–H groups in total. The molecule has 0 unspecified atom stereocenters. The van der Waals surface area contributed by atoms with Crippen LogP contribution in [0, 0.1) is 0 Å².